The molecule has 1 rings (SSSR count). The summed E-state index contributed by atoms with van der Waals surface area (Å²) in [6.45, 7) is 5.15. The van der Waals surface area contributed by atoms with Crippen LogP contribution in [0.25, 0.3) is 0 Å². The zero-order valence-corrected chi connectivity index (χ0v) is 10.4. The molecule has 1 aromatic rings. The van der Waals surface area contributed by atoms with Crippen LogP contribution in [0.1, 0.15) is 26.3 Å². The van der Waals surface area contributed by atoms with Crippen LogP contribution in [0.15, 0.2) is 28.7 Å². The lowest BCUT2D eigenvalue weighted by molar-refractivity contribution is 0.577. The van der Waals surface area contributed by atoms with Gasteiger partial charge in [-0.05, 0) is 38.8 Å². The standard InChI is InChI=1S/C12H15F2NS/c1-12(2,3)16-15-11(8-13)9-6-4-5-7-10(9)14/h4-7H,8H2,1-3H3/b15-11+. The third kappa shape index (κ3) is 3.93. The van der Waals surface area contributed by atoms with Gasteiger partial charge in [0, 0.05) is 10.3 Å². The van der Waals surface area contributed by atoms with Gasteiger partial charge in [0.1, 0.15) is 12.5 Å². The zero-order chi connectivity index (χ0) is 12.2. The first-order valence-corrected chi connectivity index (χ1v) is 5.77. The number of hydrogen-bond donors (Lipinski definition) is 0. The van der Waals surface area contributed by atoms with Crippen molar-refractivity contribution < 1.29 is 8.78 Å². The molecule has 0 unspecified atom stereocenters. The number of halogens is 2. The summed E-state index contributed by atoms with van der Waals surface area (Å²) in [6, 6.07) is 6.09. The summed E-state index contributed by atoms with van der Waals surface area (Å²) >= 11 is 1.25. The van der Waals surface area contributed by atoms with E-state index in [1.54, 1.807) is 12.1 Å². The third-order valence-corrected chi connectivity index (χ3v) is 2.60. The molecule has 0 spiro atoms. The highest BCUT2D eigenvalue weighted by Crippen LogP contribution is 2.25. The Hall–Kier alpha value is -0.900. The van der Waals surface area contributed by atoms with Gasteiger partial charge in [-0.3, -0.25) is 0 Å². The third-order valence-electron chi connectivity index (χ3n) is 1.74. The molecule has 1 nitrogen and oxygen atoms in total. The molecule has 4 heteroatoms. The SMILES string of the molecule is CC(C)(C)S/N=C(\CF)c1ccccc1F. The largest absolute Gasteiger partial charge is 0.244 e. The van der Waals surface area contributed by atoms with Crippen molar-refractivity contribution in [1.82, 2.24) is 0 Å². The van der Waals surface area contributed by atoms with Gasteiger partial charge in [0.05, 0.1) is 5.71 Å². The van der Waals surface area contributed by atoms with Crippen molar-refractivity contribution in [2.24, 2.45) is 4.40 Å². The summed E-state index contributed by atoms with van der Waals surface area (Å²) in [5, 5.41) is 0. The van der Waals surface area contributed by atoms with Gasteiger partial charge in [0.15, 0.2) is 0 Å². The fourth-order valence-corrected chi connectivity index (χ4v) is 1.56. The molecule has 0 N–H and O–H groups in total. The minimum atomic E-state index is -0.760. The predicted octanol–water partition coefficient (Wildman–Crippen LogP) is 4.03. The van der Waals surface area contributed by atoms with Crippen molar-refractivity contribution in [1.29, 1.82) is 0 Å². The van der Waals surface area contributed by atoms with E-state index in [2.05, 4.69) is 4.40 Å². The lowest BCUT2D eigenvalue weighted by Crippen LogP contribution is -2.09. The van der Waals surface area contributed by atoms with E-state index in [-0.39, 0.29) is 16.0 Å². The van der Waals surface area contributed by atoms with Crippen LogP contribution in [0.3, 0.4) is 0 Å². The highest BCUT2D eigenvalue weighted by atomic mass is 32.2. The Kier molecular flexibility index (Phi) is 4.47. The first kappa shape index (κ1) is 13.2. The molecule has 0 amide bonds. The number of benzene rings is 1. The second-order valence-corrected chi connectivity index (χ2v) is 5.95. The summed E-state index contributed by atoms with van der Waals surface area (Å²) in [5.74, 6) is -0.437. The minimum absolute atomic E-state index is 0.105. The Labute approximate surface area is 99.1 Å². The van der Waals surface area contributed by atoms with E-state index >= 15 is 0 Å². The molecule has 0 saturated heterocycles. The second-order valence-electron chi connectivity index (χ2n) is 4.36. The summed E-state index contributed by atoms with van der Waals surface area (Å²) in [4.78, 5) is 0. The summed E-state index contributed by atoms with van der Waals surface area (Å²) in [7, 11) is 0. The maximum absolute atomic E-state index is 13.4. The fraction of sp³-hybridized carbons (Fsp3) is 0.417. The average Bonchev–Trinajstić information content (AvgIpc) is 2.20. The Morgan fingerprint density at radius 2 is 1.94 bits per heavy atom. The quantitative estimate of drug-likeness (QED) is 0.576. The van der Waals surface area contributed by atoms with E-state index in [1.165, 1.54) is 24.1 Å². The van der Waals surface area contributed by atoms with Crippen LogP contribution in [-0.4, -0.2) is 17.1 Å². The Morgan fingerprint density at radius 1 is 1.31 bits per heavy atom. The number of rotatable bonds is 3. The van der Waals surface area contributed by atoms with Crippen molar-refractivity contribution in [3.63, 3.8) is 0 Å². The van der Waals surface area contributed by atoms with Crippen molar-refractivity contribution in [2.75, 3.05) is 6.67 Å². The number of hydrogen-bond acceptors (Lipinski definition) is 2. The first-order chi connectivity index (χ1) is 7.44. The molecule has 0 aromatic heterocycles. The Bertz CT molecular complexity index is 383. The van der Waals surface area contributed by atoms with Gasteiger partial charge in [-0.2, -0.15) is 0 Å². The monoisotopic (exact) mass is 243 g/mol. The molecule has 16 heavy (non-hydrogen) atoms. The van der Waals surface area contributed by atoms with E-state index < -0.39 is 12.5 Å². The van der Waals surface area contributed by atoms with Gasteiger partial charge in [-0.15, -0.1) is 0 Å². The summed E-state index contributed by atoms with van der Waals surface area (Å²) in [5.41, 5.74) is 0.389. The van der Waals surface area contributed by atoms with Crippen LogP contribution in [0.4, 0.5) is 8.78 Å². The average molecular weight is 243 g/mol. The maximum atomic E-state index is 13.4. The summed E-state index contributed by atoms with van der Waals surface area (Å²) < 4.78 is 30.1. The van der Waals surface area contributed by atoms with Crippen LogP contribution < -0.4 is 0 Å². The van der Waals surface area contributed by atoms with Gasteiger partial charge in [-0.1, -0.05) is 18.2 Å². The molecule has 0 saturated carbocycles. The molecule has 0 atom stereocenters. The lowest BCUT2D eigenvalue weighted by Gasteiger charge is -2.14. The van der Waals surface area contributed by atoms with Crippen molar-refractivity contribution in [3.8, 4) is 0 Å². The van der Waals surface area contributed by atoms with E-state index in [4.69, 9.17) is 0 Å². The Morgan fingerprint density at radius 3 is 2.44 bits per heavy atom. The van der Waals surface area contributed by atoms with Gasteiger partial charge in [-0.25, -0.2) is 13.2 Å². The van der Waals surface area contributed by atoms with Gasteiger partial charge in [0.2, 0.25) is 0 Å². The van der Waals surface area contributed by atoms with Crippen molar-refractivity contribution in [3.05, 3.63) is 35.6 Å². The fourth-order valence-electron chi connectivity index (χ4n) is 1.03. The molecule has 0 bridgehead atoms. The van der Waals surface area contributed by atoms with Crippen LogP contribution in [0, 0.1) is 5.82 Å². The number of alkyl halides is 1. The molecule has 88 valence electrons. The molecule has 0 aliphatic rings. The van der Waals surface area contributed by atoms with Gasteiger partial charge >= 0.3 is 0 Å². The van der Waals surface area contributed by atoms with E-state index in [0.717, 1.165) is 0 Å². The zero-order valence-electron chi connectivity index (χ0n) is 9.63. The van der Waals surface area contributed by atoms with E-state index in [1.807, 2.05) is 20.8 Å². The lowest BCUT2D eigenvalue weighted by atomic mass is 10.1. The van der Waals surface area contributed by atoms with Crippen LogP contribution in [-0.2, 0) is 0 Å². The Balaban J connectivity index is 2.95. The van der Waals surface area contributed by atoms with E-state index in [9.17, 15) is 8.78 Å². The molecular formula is C12H15F2NS. The normalized spacial score (nSPS) is 12.9. The summed E-state index contributed by atoms with van der Waals surface area (Å²) in [6.07, 6.45) is 0. The molecule has 0 radical (unpaired) electrons. The van der Waals surface area contributed by atoms with Crippen molar-refractivity contribution >= 4 is 17.7 Å². The molecule has 0 heterocycles. The smallest absolute Gasteiger partial charge is 0.133 e. The minimum Gasteiger partial charge on any atom is -0.244 e. The van der Waals surface area contributed by atoms with Crippen LogP contribution in [0.2, 0.25) is 0 Å². The molecular weight excluding hydrogens is 228 g/mol. The topological polar surface area (TPSA) is 12.4 Å². The number of nitrogens with zero attached hydrogens (tertiary/aromatic N) is 1. The van der Waals surface area contributed by atoms with Crippen molar-refractivity contribution in [2.45, 2.75) is 25.5 Å². The molecule has 0 aliphatic carbocycles. The van der Waals surface area contributed by atoms with Gasteiger partial charge in [0.25, 0.3) is 0 Å². The van der Waals surface area contributed by atoms with Crippen LogP contribution in [0.5, 0.6) is 0 Å². The van der Waals surface area contributed by atoms with E-state index in [0.29, 0.717) is 0 Å². The second kappa shape index (κ2) is 5.43. The molecule has 0 aliphatic heterocycles. The predicted molar refractivity (Wildman–Crippen MR) is 66.3 cm³/mol. The highest BCUT2D eigenvalue weighted by molar-refractivity contribution is 7.99. The maximum Gasteiger partial charge on any atom is 0.133 e. The first-order valence-electron chi connectivity index (χ1n) is 5.00. The highest BCUT2D eigenvalue weighted by Gasteiger charge is 2.13. The van der Waals surface area contributed by atoms with Gasteiger partial charge < -0.3 is 0 Å². The molecule has 1 aromatic carbocycles. The molecule has 0 fully saturated rings. The van der Waals surface area contributed by atoms with Crippen LogP contribution >= 0.6 is 11.9 Å².